The summed E-state index contributed by atoms with van der Waals surface area (Å²) in [4.78, 5) is 28.8. The van der Waals surface area contributed by atoms with Gasteiger partial charge in [-0.2, -0.15) is 0 Å². The van der Waals surface area contributed by atoms with E-state index in [4.69, 9.17) is 0 Å². The number of likely N-dealkylation sites (tertiary alicyclic amines) is 1. The molecule has 2 amide bonds. The summed E-state index contributed by atoms with van der Waals surface area (Å²) in [5.74, 6) is -0.417. The van der Waals surface area contributed by atoms with Crippen molar-refractivity contribution in [3.8, 4) is 0 Å². The van der Waals surface area contributed by atoms with E-state index in [9.17, 15) is 18.0 Å². The predicted octanol–water partition coefficient (Wildman–Crippen LogP) is 1.68. The molecule has 3 rings (SSSR count). The summed E-state index contributed by atoms with van der Waals surface area (Å²) in [6.45, 7) is 1.41. The smallest absolute Gasteiger partial charge is 0.228 e. The van der Waals surface area contributed by atoms with Crippen molar-refractivity contribution >= 4 is 43.5 Å². The van der Waals surface area contributed by atoms with Gasteiger partial charge < -0.3 is 9.80 Å². The number of sulfonamides is 1. The molecule has 2 aliphatic heterocycles. The van der Waals surface area contributed by atoms with Gasteiger partial charge in [0.1, 0.15) is 0 Å². The van der Waals surface area contributed by atoms with Crippen LogP contribution in [0.25, 0.3) is 0 Å². The Hall–Kier alpha value is -1.45. The molecular weight excluding hydrogens is 434 g/mol. The summed E-state index contributed by atoms with van der Waals surface area (Å²) in [5.41, 5.74) is 0.784. The SMILES string of the molecule is CN(C1CCN(C(=O)C2CC(=O)N(c3ccccc3Br)C2)CC1)S(C)(=O)=O. The van der Waals surface area contributed by atoms with Crippen LogP contribution in [0.4, 0.5) is 5.69 Å². The Morgan fingerprint density at radius 2 is 1.85 bits per heavy atom. The number of halogens is 1. The number of nitrogens with zero attached hydrogens (tertiary/aromatic N) is 3. The molecule has 7 nitrogen and oxygen atoms in total. The Bertz CT molecular complexity index is 837. The predicted molar refractivity (Wildman–Crippen MR) is 107 cm³/mol. The fourth-order valence-electron chi connectivity index (χ4n) is 3.76. The zero-order chi connectivity index (χ0) is 19.8. The highest BCUT2D eigenvalue weighted by atomic mass is 79.9. The van der Waals surface area contributed by atoms with Gasteiger partial charge in [-0.05, 0) is 40.9 Å². The van der Waals surface area contributed by atoms with Crippen LogP contribution in [0.3, 0.4) is 0 Å². The van der Waals surface area contributed by atoms with Gasteiger partial charge in [0.15, 0.2) is 0 Å². The van der Waals surface area contributed by atoms with Crippen LogP contribution in [0.2, 0.25) is 0 Å². The molecule has 2 aliphatic rings. The van der Waals surface area contributed by atoms with Gasteiger partial charge >= 0.3 is 0 Å². The zero-order valence-corrected chi connectivity index (χ0v) is 17.9. The third kappa shape index (κ3) is 4.35. The molecule has 1 aromatic rings. The van der Waals surface area contributed by atoms with Crippen LogP contribution in [0.5, 0.6) is 0 Å². The second kappa shape index (κ2) is 7.89. The molecule has 2 heterocycles. The molecule has 0 aliphatic carbocycles. The van der Waals surface area contributed by atoms with Gasteiger partial charge in [0.05, 0.1) is 17.9 Å². The molecule has 0 N–H and O–H groups in total. The number of hydrogen-bond acceptors (Lipinski definition) is 4. The lowest BCUT2D eigenvalue weighted by atomic mass is 10.0. The van der Waals surface area contributed by atoms with Crippen LogP contribution in [0, 0.1) is 5.92 Å². The molecule has 148 valence electrons. The second-order valence-electron chi connectivity index (χ2n) is 7.19. The highest BCUT2D eigenvalue weighted by Gasteiger charge is 2.39. The number of para-hydroxylation sites is 1. The van der Waals surface area contributed by atoms with E-state index >= 15 is 0 Å². The van der Waals surface area contributed by atoms with E-state index < -0.39 is 10.0 Å². The van der Waals surface area contributed by atoms with E-state index in [0.29, 0.717) is 32.5 Å². The fourth-order valence-corrected chi connectivity index (χ4v) is 5.01. The van der Waals surface area contributed by atoms with Crippen molar-refractivity contribution < 1.29 is 18.0 Å². The third-order valence-corrected chi connectivity index (χ3v) is 7.45. The summed E-state index contributed by atoms with van der Waals surface area (Å²) >= 11 is 3.46. The Labute approximate surface area is 168 Å². The Morgan fingerprint density at radius 3 is 2.44 bits per heavy atom. The van der Waals surface area contributed by atoms with Crippen LogP contribution in [0.1, 0.15) is 19.3 Å². The number of piperidine rings is 1. The standard InChI is InChI=1S/C18H24BrN3O4S/c1-20(27(2,25)26)14-7-9-21(10-8-14)18(24)13-11-17(23)22(12-13)16-6-4-3-5-15(16)19/h3-6,13-14H,7-12H2,1-2H3. The van der Waals surface area contributed by atoms with E-state index in [1.165, 1.54) is 10.6 Å². The molecule has 0 saturated carbocycles. The minimum Gasteiger partial charge on any atom is -0.342 e. The maximum atomic E-state index is 12.9. The molecule has 2 fully saturated rings. The first kappa shape index (κ1) is 20.3. The maximum Gasteiger partial charge on any atom is 0.228 e. The van der Waals surface area contributed by atoms with Crippen molar-refractivity contribution in [3.05, 3.63) is 28.7 Å². The summed E-state index contributed by atoms with van der Waals surface area (Å²) in [6, 6.07) is 7.41. The molecule has 0 spiro atoms. The van der Waals surface area contributed by atoms with Crippen molar-refractivity contribution in [2.45, 2.75) is 25.3 Å². The van der Waals surface area contributed by atoms with E-state index in [-0.39, 0.29) is 30.2 Å². The number of anilines is 1. The molecule has 9 heteroatoms. The van der Waals surface area contributed by atoms with Gasteiger partial charge in [-0.15, -0.1) is 0 Å². The van der Waals surface area contributed by atoms with Crippen molar-refractivity contribution in [1.29, 1.82) is 0 Å². The lowest BCUT2D eigenvalue weighted by Gasteiger charge is -2.36. The maximum absolute atomic E-state index is 12.9. The topological polar surface area (TPSA) is 78.0 Å². The van der Waals surface area contributed by atoms with Crippen LogP contribution >= 0.6 is 15.9 Å². The first-order valence-electron chi connectivity index (χ1n) is 8.95. The van der Waals surface area contributed by atoms with E-state index in [1.54, 1.807) is 16.8 Å². The molecule has 2 saturated heterocycles. The van der Waals surface area contributed by atoms with Gasteiger partial charge in [0.2, 0.25) is 21.8 Å². The monoisotopic (exact) mass is 457 g/mol. The first-order valence-corrected chi connectivity index (χ1v) is 11.6. The number of hydrogen-bond donors (Lipinski definition) is 0. The Balaban J connectivity index is 1.61. The Morgan fingerprint density at radius 1 is 1.22 bits per heavy atom. The molecule has 27 heavy (non-hydrogen) atoms. The van der Waals surface area contributed by atoms with Crippen LogP contribution in [0.15, 0.2) is 28.7 Å². The third-order valence-electron chi connectivity index (χ3n) is 5.43. The molecule has 1 atom stereocenters. The highest BCUT2D eigenvalue weighted by molar-refractivity contribution is 9.10. The quantitative estimate of drug-likeness (QED) is 0.688. The normalized spacial score (nSPS) is 21.9. The second-order valence-corrected chi connectivity index (χ2v) is 10.1. The van der Waals surface area contributed by atoms with Gasteiger partial charge in [0, 0.05) is 43.6 Å². The van der Waals surface area contributed by atoms with E-state index in [1.807, 2.05) is 24.3 Å². The van der Waals surface area contributed by atoms with E-state index in [2.05, 4.69) is 15.9 Å². The Kier molecular flexibility index (Phi) is 5.93. The van der Waals surface area contributed by atoms with Crippen molar-refractivity contribution in [2.24, 2.45) is 5.92 Å². The number of carbonyl (C=O) groups is 2. The largest absolute Gasteiger partial charge is 0.342 e. The zero-order valence-electron chi connectivity index (χ0n) is 15.5. The summed E-state index contributed by atoms with van der Waals surface area (Å²) in [7, 11) is -1.64. The van der Waals surface area contributed by atoms with Crippen molar-refractivity contribution in [3.63, 3.8) is 0 Å². The van der Waals surface area contributed by atoms with Crippen molar-refractivity contribution in [2.75, 3.05) is 37.8 Å². The number of carbonyl (C=O) groups excluding carboxylic acids is 2. The number of amides is 2. The van der Waals surface area contributed by atoms with Crippen LogP contribution in [-0.4, -0.2) is 68.4 Å². The highest BCUT2D eigenvalue weighted by Crippen LogP contribution is 2.32. The minimum absolute atomic E-state index is 0.0154. The average Bonchev–Trinajstić information content (AvgIpc) is 3.02. The fraction of sp³-hybridized carbons (Fsp3) is 0.556. The summed E-state index contributed by atoms with van der Waals surface area (Å²) in [6.07, 6.45) is 2.64. The molecule has 0 bridgehead atoms. The molecule has 1 unspecified atom stereocenters. The minimum atomic E-state index is -3.23. The molecule has 0 radical (unpaired) electrons. The molecule has 1 aromatic carbocycles. The van der Waals surface area contributed by atoms with Crippen LogP contribution < -0.4 is 4.90 Å². The molecule has 0 aromatic heterocycles. The number of rotatable bonds is 4. The summed E-state index contributed by atoms with van der Waals surface area (Å²) < 4.78 is 25.6. The lowest BCUT2D eigenvalue weighted by molar-refractivity contribution is -0.137. The summed E-state index contributed by atoms with van der Waals surface area (Å²) in [5, 5.41) is 0. The van der Waals surface area contributed by atoms with Gasteiger partial charge in [-0.25, -0.2) is 12.7 Å². The van der Waals surface area contributed by atoms with Crippen molar-refractivity contribution in [1.82, 2.24) is 9.21 Å². The lowest BCUT2D eigenvalue weighted by Crippen LogP contribution is -2.48. The van der Waals surface area contributed by atoms with Gasteiger partial charge in [-0.1, -0.05) is 12.1 Å². The van der Waals surface area contributed by atoms with Gasteiger partial charge in [0.25, 0.3) is 0 Å². The van der Waals surface area contributed by atoms with E-state index in [0.717, 1.165) is 10.2 Å². The number of benzene rings is 1. The van der Waals surface area contributed by atoms with Crippen LogP contribution in [-0.2, 0) is 19.6 Å². The molecular formula is C18H24BrN3O4S. The first-order chi connectivity index (χ1) is 12.7. The average molecular weight is 458 g/mol. The van der Waals surface area contributed by atoms with Gasteiger partial charge in [-0.3, -0.25) is 9.59 Å².